The first-order valence-electron chi connectivity index (χ1n) is 7.66. The van der Waals surface area contributed by atoms with Gasteiger partial charge in [0.2, 0.25) is 0 Å². The summed E-state index contributed by atoms with van der Waals surface area (Å²) in [5, 5.41) is 0. The van der Waals surface area contributed by atoms with E-state index in [-0.39, 0.29) is 31.3 Å². The molecule has 1 saturated heterocycles. The topological polar surface area (TPSA) is 72.9 Å². The van der Waals surface area contributed by atoms with Crippen LogP contribution in [0.15, 0.2) is 30.3 Å². The first-order chi connectivity index (χ1) is 11.0. The quantitative estimate of drug-likeness (QED) is 0.567. The summed E-state index contributed by atoms with van der Waals surface area (Å²) >= 11 is 0. The van der Waals surface area contributed by atoms with Gasteiger partial charge in [-0.15, -0.1) is 0 Å². The third-order valence-corrected chi connectivity index (χ3v) is 3.83. The van der Waals surface area contributed by atoms with E-state index in [9.17, 15) is 14.4 Å². The number of hydrogen-bond acceptors (Lipinski definition) is 5. The largest absolute Gasteiger partial charge is 0.466 e. The van der Waals surface area contributed by atoms with Crippen LogP contribution in [0.25, 0.3) is 0 Å². The highest BCUT2D eigenvalue weighted by atomic mass is 16.6. The molecule has 0 aliphatic carbocycles. The van der Waals surface area contributed by atoms with Gasteiger partial charge in [-0.1, -0.05) is 30.3 Å². The van der Waals surface area contributed by atoms with Gasteiger partial charge in [0.05, 0.1) is 12.6 Å². The van der Waals surface area contributed by atoms with Gasteiger partial charge in [-0.05, 0) is 18.9 Å². The van der Waals surface area contributed by atoms with Crippen LogP contribution in [-0.2, 0) is 25.5 Å². The molecule has 124 valence electrons. The number of likely N-dealkylation sites (N-methyl/N-ethyl adjacent to an activating group) is 1. The third-order valence-electron chi connectivity index (χ3n) is 3.83. The van der Waals surface area contributed by atoms with E-state index >= 15 is 0 Å². The van der Waals surface area contributed by atoms with Gasteiger partial charge in [0.1, 0.15) is 18.3 Å². The van der Waals surface area contributed by atoms with E-state index in [0.29, 0.717) is 6.42 Å². The lowest BCUT2D eigenvalue weighted by Gasteiger charge is -2.21. The van der Waals surface area contributed by atoms with Crippen molar-refractivity contribution >= 4 is 17.8 Å². The van der Waals surface area contributed by atoms with Crippen molar-refractivity contribution in [3.8, 4) is 0 Å². The third kappa shape index (κ3) is 4.55. The number of ketones is 1. The number of rotatable bonds is 7. The highest BCUT2D eigenvalue weighted by Crippen LogP contribution is 2.24. The first-order valence-corrected chi connectivity index (χ1v) is 7.66. The maximum atomic E-state index is 12.0. The van der Waals surface area contributed by atoms with Crippen molar-refractivity contribution in [3.05, 3.63) is 35.9 Å². The molecule has 1 heterocycles. The van der Waals surface area contributed by atoms with Gasteiger partial charge in [-0.3, -0.25) is 9.59 Å². The molecule has 1 aromatic carbocycles. The Morgan fingerprint density at radius 3 is 2.61 bits per heavy atom. The molecule has 0 radical (unpaired) electrons. The van der Waals surface area contributed by atoms with Gasteiger partial charge >= 0.3 is 12.1 Å². The van der Waals surface area contributed by atoms with Gasteiger partial charge in [0, 0.05) is 13.5 Å². The normalized spacial score (nSPS) is 20.3. The molecule has 1 amide bonds. The zero-order valence-corrected chi connectivity index (χ0v) is 13.4. The van der Waals surface area contributed by atoms with Crippen LogP contribution in [0, 0.1) is 0 Å². The summed E-state index contributed by atoms with van der Waals surface area (Å²) < 4.78 is 10.0. The first kappa shape index (κ1) is 17.0. The smallest absolute Gasteiger partial charge is 0.410 e. The lowest BCUT2D eigenvalue weighted by Crippen LogP contribution is -2.36. The Morgan fingerprint density at radius 1 is 1.26 bits per heavy atom. The molecule has 2 atom stereocenters. The second kappa shape index (κ2) is 7.76. The summed E-state index contributed by atoms with van der Waals surface area (Å²) in [6.07, 6.45) is -0.661. The van der Waals surface area contributed by atoms with Crippen LogP contribution in [0.5, 0.6) is 0 Å². The van der Waals surface area contributed by atoms with E-state index in [4.69, 9.17) is 9.47 Å². The van der Waals surface area contributed by atoms with E-state index in [0.717, 1.165) is 5.56 Å². The highest BCUT2D eigenvalue weighted by molar-refractivity contribution is 5.96. The number of carbonyl (C=O) groups is 3. The molecular formula is C17H21NO5. The monoisotopic (exact) mass is 319 g/mol. The van der Waals surface area contributed by atoms with Gasteiger partial charge < -0.3 is 14.4 Å². The van der Waals surface area contributed by atoms with Crippen LogP contribution in [0.3, 0.4) is 0 Å². The second-order valence-corrected chi connectivity index (χ2v) is 5.51. The molecule has 1 aliphatic rings. The number of Topliss-reactive ketones (excluding diaryl/α,β-unsaturated/α-hetero) is 1. The van der Waals surface area contributed by atoms with Gasteiger partial charge in [-0.2, -0.15) is 0 Å². The maximum absolute atomic E-state index is 12.0. The molecule has 1 aromatic rings. The van der Waals surface area contributed by atoms with Crippen molar-refractivity contribution in [2.75, 3.05) is 13.7 Å². The Hall–Kier alpha value is -2.37. The fourth-order valence-electron chi connectivity index (χ4n) is 2.65. The molecule has 1 aliphatic heterocycles. The van der Waals surface area contributed by atoms with Crippen molar-refractivity contribution in [3.63, 3.8) is 0 Å². The minimum atomic E-state index is -0.547. The van der Waals surface area contributed by atoms with Crippen LogP contribution in [0.1, 0.15) is 25.3 Å². The van der Waals surface area contributed by atoms with Crippen LogP contribution < -0.4 is 0 Å². The SMILES string of the molecule is CCOC(=O)CC(=O)C[C@H]1OC(=O)N(C)[C@@H]1Cc1ccccc1. The van der Waals surface area contributed by atoms with Crippen molar-refractivity contribution in [1.29, 1.82) is 0 Å². The van der Waals surface area contributed by atoms with Crippen molar-refractivity contribution in [1.82, 2.24) is 4.90 Å². The molecule has 2 rings (SSSR count). The minimum Gasteiger partial charge on any atom is -0.466 e. The number of hydrogen-bond donors (Lipinski definition) is 0. The fraction of sp³-hybridized carbons (Fsp3) is 0.471. The average molecular weight is 319 g/mol. The highest BCUT2D eigenvalue weighted by Gasteiger charge is 2.40. The molecule has 0 bridgehead atoms. The summed E-state index contributed by atoms with van der Waals surface area (Å²) in [7, 11) is 1.66. The number of benzene rings is 1. The second-order valence-electron chi connectivity index (χ2n) is 5.51. The summed E-state index contributed by atoms with van der Waals surface area (Å²) in [5.74, 6) is -0.829. The van der Waals surface area contributed by atoms with E-state index in [2.05, 4.69) is 0 Å². The number of amides is 1. The zero-order chi connectivity index (χ0) is 16.8. The lowest BCUT2D eigenvalue weighted by molar-refractivity contribution is -0.145. The number of carbonyl (C=O) groups excluding carboxylic acids is 3. The number of esters is 1. The standard InChI is InChI=1S/C17H21NO5/c1-3-22-16(20)11-13(19)10-15-14(18(2)17(21)23-15)9-12-7-5-4-6-8-12/h4-8,14-15H,3,9-11H2,1-2H3/t14-,15-/m1/s1. The van der Waals surface area contributed by atoms with Crippen molar-refractivity contribution in [2.24, 2.45) is 0 Å². The van der Waals surface area contributed by atoms with Gasteiger partial charge in [-0.25, -0.2) is 4.79 Å². The molecule has 0 unspecified atom stereocenters. The van der Waals surface area contributed by atoms with Crippen LogP contribution >= 0.6 is 0 Å². The van der Waals surface area contributed by atoms with E-state index < -0.39 is 18.2 Å². The molecular weight excluding hydrogens is 298 g/mol. The Kier molecular flexibility index (Phi) is 5.73. The number of nitrogens with zero attached hydrogens (tertiary/aromatic N) is 1. The molecule has 0 spiro atoms. The summed E-state index contributed by atoms with van der Waals surface area (Å²) in [5.41, 5.74) is 1.06. The predicted octanol–water partition coefficient (Wildman–Crippen LogP) is 1.96. The van der Waals surface area contributed by atoms with E-state index in [1.54, 1.807) is 14.0 Å². The minimum absolute atomic E-state index is 0.0202. The summed E-state index contributed by atoms with van der Waals surface area (Å²) in [4.78, 5) is 36.7. The van der Waals surface area contributed by atoms with E-state index in [1.165, 1.54) is 4.90 Å². The zero-order valence-electron chi connectivity index (χ0n) is 13.4. The molecule has 0 saturated carbocycles. The Morgan fingerprint density at radius 2 is 1.96 bits per heavy atom. The van der Waals surface area contributed by atoms with Crippen molar-refractivity contribution < 1.29 is 23.9 Å². The molecule has 6 nitrogen and oxygen atoms in total. The van der Waals surface area contributed by atoms with Gasteiger partial charge in [0.15, 0.2) is 0 Å². The Bertz CT molecular complexity index is 572. The molecule has 6 heteroatoms. The van der Waals surface area contributed by atoms with Crippen LogP contribution in [0.2, 0.25) is 0 Å². The van der Waals surface area contributed by atoms with Crippen molar-refractivity contribution in [2.45, 2.75) is 38.3 Å². The van der Waals surface area contributed by atoms with Gasteiger partial charge in [0.25, 0.3) is 0 Å². The van der Waals surface area contributed by atoms with Crippen LogP contribution in [-0.4, -0.2) is 48.5 Å². The fourth-order valence-corrected chi connectivity index (χ4v) is 2.65. The lowest BCUT2D eigenvalue weighted by atomic mass is 9.97. The molecule has 23 heavy (non-hydrogen) atoms. The Balaban J connectivity index is 1.99. The van der Waals surface area contributed by atoms with E-state index in [1.807, 2.05) is 30.3 Å². The molecule has 1 fully saturated rings. The number of ether oxygens (including phenoxy) is 2. The maximum Gasteiger partial charge on any atom is 0.410 e. The Labute approximate surface area is 135 Å². The average Bonchev–Trinajstić information content (AvgIpc) is 2.76. The molecule has 0 N–H and O–H groups in total. The molecule has 0 aromatic heterocycles. The summed E-state index contributed by atoms with van der Waals surface area (Å²) in [6.45, 7) is 1.93. The summed E-state index contributed by atoms with van der Waals surface area (Å²) in [6, 6.07) is 9.48. The number of cyclic esters (lactones) is 1. The van der Waals surface area contributed by atoms with Crippen LogP contribution in [0.4, 0.5) is 4.79 Å². The predicted molar refractivity (Wildman–Crippen MR) is 82.8 cm³/mol.